The minimum absolute atomic E-state index is 0.671. The van der Waals surface area contributed by atoms with Gasteiger partial charge in [0, 0.05) is 23.0 Å². The first kappa shape index (κ1) is 24.9. The topological polar surface area (TPSA) is 24.7 Å². The molecule has 0 fully saturated rings. The van der Waals surface area contributed by atoms with Crippen molar-refractivity contribution in [3.05, 3.63) is 94.0 Å². The van der Waals surface area contributed by atoms with Crippen molar-refractivity contribution in [1.82, 2.24) is 0 Å². The summed E-state index contributed by atoms with van der Waals surface area (Å²) in [6.45, 7) is 4.47. The third-order valence-electron chi connectivity index (χ3n) is 5.75. The first-order chi connectivity index (χ1) is 16.2. The van der Waals surface area contributed by atoms with Gasteiger partial charge in [-0.25, -0.2) is 0 Å². The van der Waals surface area contributed by atoms with Crippen LogP contribution in [-0.4, -0.2) is 12.4 Å². The third kappa shape index (κ3) is 8.63. The second-order valence-corrected chi connectivity index (χ2v) is 8.95. The molecule has 3 rings (SSSR count). The van der Waals surface area contributed by atoms with Gasteiger partial charge in [0.25, 0.3) is 0 Å². The van der Waals surface area contributed by atoms with Gasteiger partial charge < -0.3 is 0 Å². The van der Waals surface area contributed by atoms with E-state index in [1.165, 1.54) is 49.7 Å². The zero-order valence-electron chi connectivity index (χ0n) is 19.9. The maximum Gasteiger partial charge on any atom is 0.0630 e. The highest BCUT2D eigenvalue weighted by Gasteiger charge is 2.00. The molecule has 3 aromatic carbocycles. The molecule has 0 saturated carbocycles. The van der Waals surface area contributed by atoms with Crippen molar-refractivity contribution in [2.45, 2.75) is 65.2 Å². The van der Waals surface area contributed by atoms with Gasteiger partial charge in [-0.2, -0.15) is 0 Å². The van der Waals surface area contributed by atoms with Gasteiger partial charge in [-0.3, -0.25) is 9.98 Å². The average Bonchev–Trinajstić information content (AvgIpc) is 2.84. The lowest BCUT2D eigenvalue weighted by Gasteiger charge is -2.03. The van der Waals surface area contributed by atoms with Crippen molar-refractivity contribution in [2.75, 3.05) is 0 Å². The highest BCUT2D eigenvalue weighted by molar-refractivity contribution is 6.33. The highest BCUT2D eigenvalue weighted by atomic mass is 35.5. The van der Waals surface area contributed by atoms with Crippen LogP contribution in [0.15, 0.2) is 76.7 Å². The van der Waals surface area contributed by atoms with Gasteiger partial charge in [0.2, 0.25) is 0 Å². The van der Waals surface area contributed by atoms with Crippen molar-refractivity contribution >= 4 is 35.4 Å². The number of unbranched alkanes of at least 4 members (excludes halogenated alkanes) is 4. The van der Waals surface area contributed by atoms with E-state index in [0.29, 0.717) is 5.02 Å². The van der Waals surface area contributed by atoms with E-state index >= 15 is 0 Å². The second-order valence-electron chi connectivity index (χ2n) is 8.54. The maximum absolute atomic E-state index is 6.50. The van der Waals surface area contributed by atoms with Crippen LogP contribution in [0.2, 0.25) is 5.02 Å². The molecule has 0 aliphatic carbocycles. The van der Waals surface area contributed by atoms with Crippen LogP contribution in [0.4, 0.5) is 11.4 Å². The summed E-state index contributed by atoms with van der Waals surface area (Å²) in [6, 6.07) is 22.9. The first-order valence-corrected chi connectivity index (χ1v) is 12.6. The Bertz CT molecular complexity index is 1030. The molecule has 3 aromatic rings. The number of rotatable bonds is 12. The minimum atomic E-state index is 0.671. The molecule has 0 unspecified atom stereocenters. The normalized spacial score (nSPS) is 11.6. The van der Waals surface area contributed by atoms with Crippen molar-refractivity contribution in [1.29, 1.82) is 0 Å². The molecule has 0 spiro atoms. The van der Waals surface area contributed by atoms with E-state index in [0.717, 1.165) is 35.3 Å². The highest BCUT2D eigenvalue weighted by Crippen LogP contribution is 2.20. The van der Waals surface area contributed by atoms with Crippen LogP contribution in [0.25, 0.3) is 0 Å². The fraction of sp³-hybridized carbons (Fsp3) is 0.333. The fourth-order valence-corrected chi connectivity index (χ4v) is 3.91. The average molecular weight is 459 g/mol. The van der Waals surface area contributed by atoms with Crippen molar-refractivity contribution < 1.29 is 0 Å². The van der Waals surface area contributed by atoms with Gasteiger partial charge in [0.05, 0.1) is 11.4 Å². The summed E-state index contributed by atoms with van der Waals surface area (Å²) in [6.07, 6.45) is 13.5. The molecule has 0 amide bonds. The van der Waals surface area contributed by atoms with Gasteiger partial charge in [0.1, 0.15) is 0 Å². The molecule has 0 heterocycles. The predicted molar refractivity (Wildman–Crippen MR) is 145 cm³/mol. The summed E-state index contributed by atoms with van der Waals surface area (Å²) in [5.74, 6) is 0. The lowest BCUT2D eigenvalue weighted by Crippen LogP contribution is -1.88. The van der Waals surface area contributed by atoms with Crippen LogP contribution in [0.1, 0.15) is 74.6 Å². The number of nitrogens with zero attached hydrogens (tertiary/aromatic N) is 2. The summed E-state index contributed by atoms with van der Waals surface area (Å²) in [5.41, 5.74) is 6.51. The van der Waals surface area contributed by atoms with Gasteiger partial charge in [-0.15, -0.1) is 0 Å². The summed E-state index contributed by atoms with van der Waals surface area (Å²) in [7, 11) is 0. The van der Waals surface area contributed by atoms with Crippen LogP contribution in [0, 0.1) is 0 Å². The second kappa shape index (κ2) is 13.7. The summed E-state index contributed by atoms with van der Waals surface area (Å²) < 4.78 is 0. The summed E-state index contributed by atoms with van der Waals surface area (Å²) in [4.78, 5) is 9.19. The number of halogens is 1. The standard InChI is InChI=1S/C30H35ClN2/c1-3-5-7-9-24-12-17-28(18-13-24)32-22-26-11-16-27(30(31)21-26)23-33-29-19-14-25(15-20-29)10-8-6-4-2/h11-23H,3-10H2,1-2H3. The van der Waals surface area contributed by atoms with Crippen molar-refractivity contribution in [3.8, 4) is 0 Å². The molecule has 0 aliphatic heterocycles. The van der Waals surface area contributed by atoms with Crippen LogP contribution in [0.5, 0.6) is 0 Å². The Morgan fingerprint density at radius 3 is 1.64 bits per heavy atom. The van der Waals surface area contributed by atoms with E-state index in [9.17, 15) is 0 Å². The largest absolute Gasteiger partial charge is 0.256 e. The van der Waals surface area contributed by atoms with E-state index in [1.54, 1.807) is 0 Å². The monoisotopic (exact) mass is 458 g/mol. The van der Waals surface area contributed by atoms with E-state index in [-0.39, 0.29) is 0 Å². The lowest BCUT2D eigenvalue weighted by atomic mass is 10.1. The molecule has 2 nitrogen and oxygen atoms in total. The van der Waals surface area contributed by atoms with Crippen molar-refractivity contribution in [3.63, 3.8) is 0 Å². The summed E-state index contributed by atoms with van der Waals surface area (Å²) >= 11 is 6.50. The molecule has 0 aliphatic rings. The van der Waals surface area contributed by atoms with E-state index in [2.05, 4.69) is 72.4 Å². The van der Waals surface area contributed by atoms with Crippen LogP contribution < -0.4 is 0 Å². The zero-order chi connectivity index (χ0) is 23.3. The minimum Gasteiger partial charge on any atom is -0.256 e. The lowest BCUT2D eigenvalue weighted by molar-refractivity contribution is 0.717. The maximum atomic E-state index is 6.50. The molecule has 0 N–H and O–H groups in total. The Morgan fingerprint density at radius 2 is 1.15 bits per heavy atom. The van der Waals surface area contributed by atoms with Crippen LogP contribution in [0.3, 0.4) is 0 Å². The summed E-state index contributed by atoms with van der Waals surface area (Å²) in [5, 5.41) is 0.671. The first-order valence-electron chi connectivity index (χ1n) is 12.2. The van der Waals surface area contributed by atoms with Crippen LogP contribution in [-0.2, 0) is 12.8 Å². The smallest absolute Gasteiger partial charge is 0.0630 e. The van der Waals surface area contributed by atoms with Gasteiger partial charge in [-0.05, 0) is 72.7 Å². The Hall–Kier alpha value is -2.71. The SMILES string of the molecule is CCCCCc1ccc(N=Cc2ccc(C=Nc3ccc(CCCCC)cc3)c(Cl)c2)cc1. The van der Waals surface area contributed by atoms with Gasteiger partial charge >= 0.3 is 0 Å². The molecule has 33 heavy (non-hydrogen) atoms. The number of hydrogen-bond acceptors (Lipinski definition) is 2. The van der Waals surface area contributed by atoms with E-state index < -0.39 is 0 Å². The number of aliphatic imine (C=N–C) groups is 2. The number of aryl methyl sites for hydroxylation is 2. The van der Waals surface area contributed by atoms with E-state index in [4.69, 9.17) is 11.6 Å². The van der Waals surface area contributed by atoms with Gasteiger partial charge in [0.15, 0.2) is 0 Å². The van der Waals surface area contributed by atoms with Gasteiger partial charge in [-0.1, -0.05) is 87.5 Å². The Labute approximate surface area is 204 Å². The zero-order valence-corrected chi connectivity index (χ0v) is 20.7. The predicted octanol–water partition coefficient (Wildman–Crippen LogP) is 9.31. The molecule has 0 aromatic heterocycles. The Kier molecular flexibility index (Phi) is 10.4. The molecule has 172 valence electrons. The van der Waals surface area contributed by atoms with Crippen molar-refractivity contribution in [2.24, 2.45) is 9.98 Å². The number of hydrogen-bond donors (Lipinski definition) is 0. The molecule has 0 bridgehead atoms. The van der Waals surface area contributed by atoms with Crippen LogP contribution >= 0.6 is 11.6 Å². The molecule has 0 saturated heterocycles. The molecule has 3 heteroatoms. The molecular weight excluding hydrogens is 424 g/mol. The third-order valence-corrected chi connectivity index (χ3v) is 6.08. The Balaban J connectivity index is 1.57. The molecule has 0 atom stereocenters. The fourth-order valence-electron chi connectivity index (χ4n) is 3.68. The van der Waals surface area contributed by atoms with E-state index in [1.807, 2.05) is 30.6 Å². The molecular formula is C30H35ClN2. The Morgan fingerprint density at radius 1 is 0.636 bits per heavy atom. The number of benzene rings is 3. The quantitative estimate of drug-likeness (QED) is 0.191. The molecule has 0 radical (unpaired) electrons.